The van der Waals surface area contributed by atoms with E-state index >= 15 is 0 Å². The molecule has 0 saturated carbocycles. The number of nitrogens with one attached hydrogen (secondary N) is 1. The fourth-order valence-corrected chi connectivity index (χ4v) is 1.87. The van der Waals surface area contributed by atoms with Crippen LogP contribution >= 0.6 is 11.6 Å². The smallest absolute Gasteiger partial charge is 0.255 e. The molecule has 5 heteroatoms. The van der Waals surface area contributed by atoms with Gasteiger partial charge in [0.15, 0.2) is 0 Å². The zero-order valence-electron chi connectivity index (χ0n) is 11.4. The highest BCUT2D eigenvalue weighted by Gasteiger charge is 2.08. The van der Waals surface area contributed by atoms with Crippen molar-refractivity contribution >= 4 is 23.2 Å². The van der Waals surface area contributed by atoms with E-state index in [1.54, 1.807) is 30.5 Å². The van der Waals surface area contributed by atoms with E-state index in [4.69, 9.17) is 16.7 Å². The van der Waals surface area contributed by atoms with Crippen molar-refractivity contribution in [1.82, 2.24) is 4.98 Å². The third-order valence-electron chi connectivity index (χ3n) is 2.70. The minimum absolute atomic E-state index is 0.237. The van der Waals surface area contributed by atoms with E-state index < -0.39 is 0 Å². The summed E-state index contributed by atoms with van der Waals surface area (Å²) in [6.07, 6.45) is 1.59. The second kappa shape index (κ2) is 6.89. The molecule has 0 radical (unpaired) electrons. The molecular formula is C16H13ClN2O2. The number of aliphatic hydroxyl groups is 1. The molecule has 0 saturated heterocycles. The van der Waals surface area contributed by atoms with Crippen molar-refractivity contribution in [2.75, 3.05) is 11.9 Å². The lowest BCUT2D eigenvalue weighted by molar-refractivity contribution is 0.102. The molecule has 0 spiro atoms. The number of halogens is 1. The van der Waals surface area contributed by atoms with Gasteiger partial charge in [-0.3, -0.25) is 9.78 Å². The number of nitrogens with zero attached hydrogens (tertiary/aromatic N) is 1. The zero-order valence-corrected chi connectivity index (χ0v) is 12.1. The monoisotopic (exact) mass is 300 g/mol. The van der Waals surface area contributed by atoms with Gasteiger partial charge >= 0.3 is 0 Å². The third-order valence-corrected chi connectivity index (χ3v) is 3.02. The Morgan fingerprint density at radius 1 is 1.38 bits per heavy atom. The summed E-state index contributed by atoms with van der Waals surface area (Å²) in [4.78, 5) is 16.2. The fourth-order valence-electron chi connectivity index (χ4n) is 1.64. The second-order valence-corrected chi connectivity index (χ2v) is 4.70. The first-order valence-electron chi connectivity index (χ1n) is 6.23. The lowest BCUT2D eigenvalue weighted by Gasteiger charge is -2.06. The quantitative estimate of drug-likeness (QED) is 0.838. The Bertz CT molecular complexity index is 715. The summed E-state index contributed by atoms with van der Waals surface area (Å²) >= 11 is 6.06. The fraction of sp³-hybridized carbons (Fsp3) is 0.125. The number of carbonyl (C=O) groups excluding carboxylic acids is 1. The number of hydrogen-bond donors (Lipinski definition) is 2. The summed E-state index contributed by atoms with van der Waals surface area (Å²) < 4.78 is 0. The maximum Gasteiger partial charge on any atom is 0.255 e. The minimum Gasteiger partial charge on any atom is -0.384 e. The number of benzene rings is 1. The van der Waals surface area contributed by atoms with Gasteiger partial charge in [-0.1, -0.05) is 23.4 Å². The number of aryl methyl sites for hydroxylation is 1. The molecule has 0 atom stereocenters. The molecule has 1 aromatic heterocycles. The largest absolute Gasteiger partial charge is 0.384 e. The first kappa shape index (κ1) is 15.0. The van der Waals surface area contributed by atoms with Gasteiger partial charge in [0.05, 0.1) is 16.9 Å². The number of amides is 1. The van der Waals surface area contributed by atoms with E-state index in [0.29, 0.717) is 21.8 Å². The number of hydrogen-bond acceptors (Lipinski definition) is 3. The molecule has 0 unspecified atom stereocenters. The maximum absolute atomic E-state index is 12.1. The van der Waals surface area contributed by atoms with Gasteiger partial charge in [0, 0.05) is 16.8 Å². The van der Waals surface area contributed by atoms with Crippen LogP contribution in [0.25, 0.3) is 0 Å². The molecule has 2 aromatic rings. The average Bonchev–Trinajstić information content (AvgIpc) is 2.48. The van der Waals surface area contributed by atoms with Crippen molar-refractivity contribution in [3.8, 4) is 11.8 Å². The topological polar surface area (TPSA) is 62.2 Å². The molecule has 1 amide bonds. The summed E-state index contributed by atoms with van der Waals surface area (Å²) in [7, 11) is 0. The van der Waals surface area contributed by atoms with Crippen LogP contribution in [0, 0.1) is 18.8 Å². The molecule has 106 valence electrons. The molecular weight excluding hydrogens is 288 g/mol. The summed E-state index contributed by atoms with van der Waals surface area (Å²) in [6, 6.07) is 8.41. The zero-order chi connectivity index (χ0) is 15.2. The van der Waals surface area contributed by atoms with E-state index in [2.05, 4.69) is 22.1 Å². The molecule has 4 nitrogen and oxygen atoms in total. The standard InChI is InChI=1S/C16H13ClN2O2/c1-11-4-7-14(10-18-11)19-16(21)13-6-5-12(3-2-8-20)15(17)9-13/h4-7,9-10,20H,8H2,1H3,(H,19,21). The van der Waals surface area contributed by atoms with Crippen molar-refractivity contribution in [2.45, 2.75) is 6.92 Å². The van der Waals surface area contributed by atoms with Crippen LogP contribution < -0.4 is 5.32 Å². The van der Waals surface area contributed by atoms with Crippen LogP contribution in [0.5, 0.6) is 0 Å². The van der Waals surface area contributed by atoms with Crippen molar-refractivity contribution in [1.29, 1.82) is 0 Å². The first-order chi connectivity index (χ1) is 10.1. The Kier molecular flexibility index (Phi) is 4.94. The Hall–Kier alpha value is -2.35. The number of anilines is 1. The molecule has 0 fully saturated rings. The lowest BCUT2D eigenvalue weighted by atomic mass is 10.1. The first-order valence-corrected chi connectivity index (χ1v) is 6.61. The van der Waals surface area contributed by atoms with Gasteiger partial charge in [-0.2, -0.15) is 0 Å². The second-order valence-electron chi connectivity index (χ2n) is 4.30. The van der Waals surface area contributed by atoms with Crippen LogP contribution in [0.1, 0.15) is 21.6 Å². The van der Waals surface area contributed by atoms with Crippen molar-refractivity contribution in [3.63, 3.8) is 0 Å². The van der Waals surface area contributed by atoms with Crippen LogP contribution in [0.2, 0.25) is 5.02 Å². The van der Waals surface area contributed by atoms with Gasteiger partial charge in [0.1, 0.15) is 6.61 Å². The summed E-state index contributed by atoms with van der Waals surface area (Å²) in [5, 5.41) is 11.8. The van der Waals surface area contributed by atoms with E-state index in [0.717, 1.165) is 5.69 Å². The Morgan fingerprint density at radius 3 is 2.81 bits per heavy atom. The molecule has 1 aromatic carbocycles. The van der Waals surface area contributed by atoms with Gasteiger partial charge < -0.3 is 10.4 Å². The van der Waals surface area contributed by atoms with Crippen LogP contribution in [0.4, 0.5) is 5.69 Å². The molecule has 21 heavy (non-hydrogen) atoms. The highest BCUT2D eigenvalue weighted by Crippen LogP contribution is 2.18. The molecule has 0 aliphatic heterocycles. The summed E-state index contributed by atoms with van der Waals surface area (Å²) in [5.41, 5.74) is 2.49. The van der Waals surface area contributed by atoms with Crippen LogP contribution in [0.15, 0.2) is 36.5 Å². The van der Waals surface area contributed by atoms with Gasteiger partial charge in [0.2, 0.25) is 0 Å². The SMILES string of the molecule is Cc1ccc(NC(=O)c2ccc(C#CCO)c(Cl)c2)cn1. The highest BCUT2D eigenvalue weighted by molar-refractivity contribution is 6.32. The Labute approximate surface area is 127 Å². The van der Waals surface area contributed by atoms with Crippen LogP contribution in [0.3, 0.4) is 0 Å². The van der Waals surface area contributed by atoms with E-state index in [-0.39, 0.29) is 12.5 Å². The van der Waals surface area contributed by atoms with Crippen molar-refractivity contribution in [3.05, 3.63) is 58.4 Å². The number of rotatable bonds is 2. The maximum atomic E-state index is 12.1. The molecule has 0 aliphatic rings. The molecule has 2 rings (SSSR count). The predicted molar refractivity (Wildman–Crippen MR) is 82.3 cm³/mol. The molecule has 0 bridgehead atoms. The lowest BCUT2D eigenvalue weighted by Crippen LogP contribution is -2.12. The summed E-state index contributed by atoms with van der Waals surface area (Å²) in [6.45, 7) is 1.64. The van der Waals surface area contributed by atoms with E-state index in [1.807, 2.05) is 13.0 Å². The number of carbonyl (C=O) groups is 1. The van der Waals surface area contributed by atoms with E-state index in [1.165, 1.54) is 0 Å². The van der Waals surface area contributed by atoms with Gasteiger partial charge in [-0.25, -0.2) is 0 Å². The Balaban J connectivity index is 2.16. The highest BCUT2D eigenvalue weighted by atomic mass is 35.5. The molecule has 0 aliphatic carbocycles. The van der Waals surface area contributed by atoms with Crippen molar-refractivity contribution < 1.29 is 9.90 Å². The number of aliphatic hydroxyl groups excluding tert-OH is 1. The minimum atomic E-state index is -0.274. The molecule has 2 N–H and O–H groups in total. The number of aromatic nitrogens is 1. The normalized spacial score (nSPS) is 9.67. The Morgan fingerprint density at radius 2 is 2.19 bits per heavy atom. The average molecular weight is 301 g/mol. The predicted octanol–water partition coefficient (Wildman–Crippen LogP) is 2.64. The van der Waals surface area contributed by atoms with Gasteiger partial charge in [-0.05, 0) is 37.3 Å². The number of pyridine rings is 1. The van der Waals surface area contributed by atoms with Gasteiger partial charge in [-0.15, -0.1) is 0 Å². The van der Waals surface area contributed by atoms with E-state index in [9.17, 15) is 4.79 Å². The summed E-state index contributed by atoms with van der Waals surface area (Å²) in [5.74, 6) is 4.95. The van der Waals surface area contributed by atoms with Crippen LogP contribution in [-0.4, -0.2) is 22.6 Å². The third kappa shape index (κ3) is 4.06. The van der Waals surface area contributed by atoms with Gasteiger partial charge in [0.25, 0.3) is 5.91 Å². The van der Waals surface area contributed by atoms with Crippen molar-refractivity contribution in [2.24, 2.45) is 0 Å². The molecule has 1 heterocycles. The van der Waals surface area contributed by atoms with Crippen LogP contribution in [-0.2, 0) is 0 Å².